The Morgan fingerprint density at radius 2 is 0.809 bits per heavy atom. The molecule has 402 valence electrons. The predicted molar refractivity (Wildman–Crippen MR) is 295 cm³/mol. The zero-order valence-corrected chi connectivity index (χ0v) is 46.8. The summed E-state index contributed by atoms with van der Waals surface area (Å²) in [6, 6.07) is -0.867. The second kappa shape index (κ2) is 50.7. The van der Waals surface area contributed by atoms with Crippen LogP contribution in [0.3, 0.4) is 0 Å². The molecule has 0 heterocycles. The van der Waals surface area contributed by atoms with Gasteiger partial charge >= 0.3 is 7.82 Å². The van der Waals surface area contributed by atoms with Crippen molar-refractivity contribution >= 4 is 13.7 Å². The van der Waals surface area contributed by atoms with Crippen LogP contribution in [-0.2, 0) is 18.4 Å². The van der Waals surface area contributed by atoms with Gasteiger partial charge in [0.1, 0.15) is 13.2 Å². The molecule has 0 saturated carbocycles. The van der Waals surface area contributed by atoms with Crippen LogP contribution >= 0.6 is 7.82 Å². The van der Waals surface area contributed by atoms with Gasteiger partial charge < -0.3 is 19.8 Å². The molecular formula is C59H116N2O6P+. The number of carbonyl (C=O) groups excluding carboxylic acids is 1. The molecule has 0 saturated heterocycles. The van der Waals surface area contributed by atoms with Crippen molar-refractivity contribution in [1.29, 1.82) is 0 Å². The predicted octanol–water partition coefficient (Wildman–Crippen LogP) is 17.8. The van der Waals surface area contributed by atoms with E-state index in [-0.39, 0.29) is 19.1 Å². The normalized spacial score (nSPS) is 14.2. The Balaban J connectivity index is 4.15. The van der Waals surface area contributed by atoms with E-state index in [9.17, 15) is 19.4 Å². The second-order valence-electron chi connectivity index (χ2n) is 21.4. The summed E-state index contributed by atoms with van der Waals surface area (Å²) in [6.07, 6.45) is 65.6. The number of nitrogens with zero attached hydrogens (tertiary/aromatic N) is 1. The van der Waals surface area contributed by atoms with Gasteiger partial charge in [0.05, 0.1) is 39.9 Å². The van der Waals surface area contributed by atoms with Gasteiger partial charge in [-0.05, 0) is 44.9 Å². The third-order valence-electron chi connectivity index (χ3n) is 13.3. The van der Waals surface area contributed by atoms with Crippen LogP contribution in [0.5, 0.6) is 0 Å². The first kappa shape index (κ1) is 66.7. The van der Waals surface area contributed by atoms with Crippen LogP contribution in [0.15, 0.2) is 36.5 Å². The molecular weight excluding hydrogens is 864 g/mol. The Morgan fingerprint density at radius 3 is 1.18 bits per heavy atom. The van der Waals surface area contributed by atoms with Gasteiger partial charge in [-0.15, -0.1) is 0 Å². The van der Waals surface area contributed by atoms with E-state index in [0.29, 0.717) is 17.4 Å². The Labute approximate surface area is 423 Å². The number of rotatable bonds is 54. The van der Waals surface area contributed by atoms with Crippen molar-refractivity contribution < 1.29 is 32.9 Å². The van der Waals surface area contributed by atoms with Gasteiger partial charge in [0.2, 0.25) is 5.91 Å². The molecule has 0 radical (unpaired) electrons. The number of likely N-dealkylation sites (N-methyl/N-ethyl adjacent to an activating group) is 1. The van der Waals surface area contributed by atoms with E-state index in [1.54, 1.807) is 6.08 Å². The first-order valence-corrected chi connectivity index (χ1v) is 30.9. The van der Waals surface area contributed by atoms with Crippen molar-refractivity contribution in [2.75, 3.05) is 40.9 Å². The van der Waals surface area contributed by atoms with Gasteiger partial charge in [0.15, 0.2) is 0 Å². The van der Waals surface area contributed by atoms with Crippen molar-refractivity contribution in [3.8, 4) is 0 Å². The van der Waals surface area contributed by atoms with E-state index in [4.69, 9.17) is 9.05 Å². The van der Waals surface area contributed by atoms with Crippen LogP contribution in [0.2, 0.25) is 0 Å². The zero-order chi connectivity index (χ0) is 49.9. The fraction of sp³-hybridized carbons (Fsp3) is 0.881. The number of amides is 1. The number of aliphatic hydroxyl groups is 1. The van der Waals surface area contributed by atoms with E-state index in [0.717, 1.165) is 44.9 Å². The first-order chi connectivity index (χ1) is 33.0. The van der Waals surface area contributed by atoms with Crippen LogP contribution in [0.1, 0.15) is 284 Å². The molecule has 9 heteroatoms. The highest BCUT2D eigenvalue weighted by Gasteiger charge is 2.27. The molecule has 8 nitrogen and oxygen atoms in total. The minimum atomic E-state index is -4.35. The fourth-order valence-corrected chi connectivity index (χ4v) is 9.46. The van der Waals surface area contributed by atoms with Crippen LogP contribution in [0.4, 0.5) is 0 Å². The summed E-state index contributed by atoms with van der Waals surface area (Å²) in [6.45, 7) is 4.81. The third-order valence-corrected chi connectivity index (χ3v) is 14.3. The lowest BCUT2D eigenvalue weighted by Crippen LogP contribution is -2.45. The molecule has 3 N–H and O–H groups in total. The van der Waals surface area contributed by atoms with Crippen molar-refractivity contribution in [2.45, 2.75) is 296 Å². The number of hydrogen-bond acceptors (Lipinski definition) is 5. The van der Waals surface area contributed by atoms with Gasteiger partial charge in [-0.25, -0.2) is 4.57 Å². The minimum Gasteiger partial charge on any atom is -0.387 e. The summed E-state index contributed by atoms with van der Waals surface area (Å²) in [4.78, 5) is 23.2. The maximum Gasteiger partial charge on any atom is 0.472 e. The number of quaternary nitrogens is 1. The maximum atomic E-state index is 12.9. The maximum absolute atomic E-state index is 12.9. The lowest BCUT2D eigenvalue weighted by Gasteiger charge is -2.25. The van der Waals surface area contributed by atoms with Crippen molar-refractivity contribution in [1.82, 2.24) is 5.32 Å². The topological polar surface area (TPSA) is 105 Å². The fourth-order valence-electron chi connectivity index (χ4n) is 8.72. The number of aliphatic hydroxyl groups excluding tert-OH is 1. The molecule has 1 amide bonds. The molecule has 0 aliphatic carbocycles. The van der Waals surface area contributed by atoms with E-state index < -0.39 is 20.0 Å². The van der Waals surface area contributed by atoms with Gasteiger partial charge in [-0.2, -0.15) is 0 Å². The molecule has 68 heavy (non-hydrogen) atoms. The average molecular weight is 981 g/mol. The summed E-state index contributed by atoms with van der Waals surface area (Å²) < 4.78 is 23.7. The summed E-state index contributed by atoms with van der Waals surface area (Å²) in [5.41, 5.74) is 0. The highest BCUT2D eigenvalue weighted by molar-refractivity contribution is 7.47. The average Bonchev–Trinajstić information content (AvgIpc) is 3.30. The molecule has 0 fully saturated rings. The van der Waals surface area contributed by atoms with Gasteiger partial charge in [0.25, 0.3) is 0 Å². The van der Waals surface area contributed by atoms with Crippen LogP contribution in [0, 0.1) is 0 Å². The van der Waals surface area contributed by atoms with Crippen LogP contribution in [-0.4, -0.2) is 73.4 Å². The summed E-state index contributed by atoms with van der Waals surface area (Å²) in [7, 11) is 1.56. The molecule has 0 spiro atoms. The SMILES string of the molecule is CCCCCCCCCCCCCCCCCCCCCCCC/C=C/CC/C=C/CC/C=C/C(O)C(COP(=O)(O)OCC[N+](C)(C)C)NC(=O)CCCCCCCCCCCCCCCC. The number of phosphoric ester groups is 1. The van der Waals surface area contributed by atoms with Crippen LogP contribution in [0.25, 0.3) is 0 Å². The van der Waals surface area contributed by atoms with Crippen LogP contribution < -0.4 is 5.32 Å². The number of allylic oxidation sites excluding steroid dienone is 5. The lowest BCUT2D eigenvalue weighted by atomic mass is 10.0. The summed E-state index contributed by atoms with van der Waals surface area (Å²) in [5.74, 6) is -0.188. The number of hydrogen-bond donors (Lipinski definition) is 3. The molecule has 0 aliphatic heterocycles. The second-order valence-corrected chi connectivity index (χ2v) is 22.8. The van der Waals surface area contributed by atoms with Crippen molar-refractivity contribution in [3.63, 3.8) is 0 Å². The highest BCUT2D eigenvalue weighted by Crippen LogP contribution is 2.43. The largest absolute Gasteiger partial charge is 0.472 e. The quantitative estimate of drug-likeness (QED) is 0.0243. The molecule has 0 bridgehead atoms. The standard InChI is InChI=1S/C59H115N2O6P/c1-6-8-10-12-14-16-18-20-22-23-24-25-26-27-28-29-30-31-32-33-34-35-36-37-38-39-40-42-44-46-48-50-52-58(62)57(56-67-68(64,65)66-55-54-61(3,4)5)60-59(63)53-51-49-47-45-43-41-21-19-17-15-13-11-9-7-2/h37-38,42,44,50,52,57-58,62H,6-36,39-41,43,45-49,51,53-56H2,1-5H3,(H-,60,63,64,65)/p+1/b38-37+,44-42+,52-50+. The number of unbranched alkanes of at least 4 members (excludes halogenated alkanes) is 37. The Hall–Kier alpha value is -1.28. The van der Waals surface area contributed by atoms with Crippen molar-refractivity contribution in [2.24, 2.45) is 0 Å². The molecule has 0 rings (SSSR count). The van der Waals surface area contributed by atoms with Gasteiger partial charge in [-0.1, -0.05) is 269 Å². The Bertz CT molecular complexity index is 1200. The number of phosphoric acid groups is 1. The summed E-state index contributed by atoms with van der Waals surface area (Å²) in [5, 5.41) is 13.9. The number of carbonyl (C=O) groups is 1. The smallest absolute Gasteiger partial charge is 0.387 e. The minimum absolute atomic E-state index is 0.0550. The van der Waals surface area contributed by atoms with E-state index in [1.165, 1.54) is 218 Å². The molecule has 0 aromatic carbocycles. The van der Waals surface area contributed by atoms with E-state index >= 15 is 0 Å². The summed E-state index contributed by atoms with van der Waals surface area (Å²) >= 11 is 0. The van der Waals surface area contributed by atoms with E-state index in [1.807, 2.05) is 27.2 Å². The molecule has 0 aromatic rings. The Kier molecular flexibility index (Phi) is 49.7. The molecule has 0 aromatic heterocycles. The lowest BCUT2D eigenvalue weighted by molar-refractivity contribution is -0.870. The Morgan fingerprint density at radius 1 is 0.485 bits per heavy atom. The zero-order valence-electron chi connectivity index (χ0n) is 45.9. The van der Waals surface area contributed by atoms with E-state index in [2.05, 4.69) is 43.5 Å². The molecule has 3 unspecified atom stereocenters. The molecule has 3 atom stereocenters. The third kappa shape index (κ3) is 52.5. The molecule has 0 aliphatic rings. The van der Waals surface area contributed by atoms with Crippen molar-refractivity contribution in [3.05, 3.63) is 36.5 Å². The van der Waals surface area contributed by atoms with Gasteiger partial charge in [0, 0.05) is 6.42 Å². The van der Waals surface area contributed by atoms with Gasteiger partial charge in [-0.3, -0.25) is 13.8 Å². The monoisotopic (exact) mass is 980 g/mol. The highest BCUT2D eigenvalue weighted by atomic mass is 31.2. The number of nitrogens with one attached hydrogen (secondary N) is 1. The first-order valence-electron chi connectivity index (χ1n) is 29.4.